The van der Waals surface area contributed by atoms with Crippen LogP contribution in [0.2, 0.25) is 0 Å². The third-order valence-electron chi connectivity index (χ3n) is 4.39. The molecule has 25 heavy (non-hydrogen) atoms. The van der Waals surface area contributed by atoms with Crippen LogP contribution >= 0.6 is 0 Å². The van der Waals surface area contributed by atoms with Crippen molar-refractivity contribution in [2.24, 2.45) is 5.92 Å². The predicted octanol–water partition coefficient (Wildman–Crippen LogP) is 1.32. The molecule has 0 radical (unpaired) electrons. The first kappa shape index (κ1) is 15.8. The number of carbonyl (C=O) groups excluding carboxylic acids is 1. The number of carbonyl (C=O) groups is 1. The van der Waals surface area contributed by atoms with Crippen LogP contribution < -0.4 is 5.32 Å². The Kier molecular flexibility index (Phi) is 3.96. The minimum Gasteiger partial charge on any atom is -0.379 e. The van der Waals surface area contributed by atoms with E-state index < -0.39 is 0 Å². The first-order valence-corrected chi connectivity index (χ1v) is 8.21. The van der Waals surface area contributed by atoms with Gasteiger partial charge in [-0.1, -0.05) is 5.16 Å². The first-order chi connectivity index (χ1) is 12.1. The maximum absolute atomic E-state index is 12.7. The SMILES string of the molecule is Cc1cnc2c(C(=O)N[C@H]3COC[C@H]3Cc3cc(C)no3)cnn2c1. The van der Waals surface area contributed by atoms with Crippen molar-refractivity contribution < 1.29 is 14.1 Å². The Morgan fingerprint density at radius 1 is 1.36 bits per heavy atom. The van der Waals surface area contributed by atoms with Crippen molar-refractivity contribution in [1.29, 1.82) is 0 Å². The molecule has 1 saturated heterocycles. The molecule has 4 heterocycles. The lowest BCUT2D eigenvalue weighted by molar-refractivity contribution is 0.0926. The topological polar surface area (TPSA) is 94.5 Å². The summed E-state index contributed by atoms with van der Waals surface area (Å²) >= 11 is 0. The van der Waals surface area contributed by atoms with Gasteiger partial charge in [-0.05, 0) is 19.4 Å². The Morgan fingerprint density at radius 2 is 2.24 bits per heavy atom. The van der Waals surface area contributed by atoms with Gasteiger partial charge in [0, 0.05) is 30.8 Å². The molecule has 0 aliphatic carbocycles. The predicted molar refractivity (Wildman–Crippen MR) is 88.2 cm³/mol. The van der Waals surface area contributed by atoms with Crippen LogP contribution in [0.15, 0.2) is 29.2 Å². The zero-order valence-electron chi connectivity index (χ0n) is 14.1. The Bertz CT molecular complexity index is 916. The second kappa shape index (κ2) is 6.29. The molecule has 3 aromatic rings. The van der Waals surface area contributed by atoms with Crippen molar-refractivity contribution in [3.63, 3.8) is 0 Å². The molecule has 0 saturated carbocycles. The fourth-order valence-electron chi connectivity index (χ4n) is 3.10. The summed E-state index contributed by atoms with van der Waals surface area (Å²) in [5.74, 6) is 0.759. The smallest absolute Gasteiger partial charge is 0.257 e. The van der Waals surface area contributed by atoms with Gasteiger partial charge in [-0.25, -0.2) is 9.50 Å². The number of rotatable bonds is 4. The molecule has 0 spiro atoms. The Hall–Kier alpha value is -2.74. The minimum atomic E-state index is -0.194. The monoisotopic (exact) mass is 341 g/mol. The number of aryl methyl sites for hydroxylation is 2. The van der Waals surface area contributed by atoms with E-state index >= 15 is 0 Å². The molecule has 0 bridgehead atoms. The van der Waals surface area contributed by atoms with Crippen molar-refractivity contribution in [2.45, 2.75) is 26.3 Å². The Balaban J connectivity index is 1.49. The van der Waals surface area contributed by atoms with Gasteiger partial charge in [0.25, 0.3) is 5.91 Å². The van der Waals surface area contributed by atoms with Crippen molar-refractivity contribution in [1.82, 2.24) is 25.1 Å². The lowest BCUT2D eigenvalue weighted by Gasteiger charge is -2.17. The summed E-state index contributed by atoms with van der Waals surface area (Å²) < 4.78 is 12.5. The third kappa shape index (κ3) is 3.12. The molecule has 1 N–H and O–H groups in total. The number of amides is 1. The number of hydrogen-bond donors (Lipinski definition) is 1. The molecule has 130 valence electrons. The molecular formula is C17H19N5O3. The molecule has 3 aromatic heterocycles. The highest BCUT2D eigenvalue weighted by Gasteiger charge is 2.31. The van der Waals surface area contributed by atoms with E-state index in [0.29, 0.717) is 30.8 Å². The number of aromatic nitrogens is 4. The van der Waals surface area contributed by atoms with E-state index in [2.05, 4.69) is 20.6 Å². The molecule has 1 fully saturated rings. The van der Waals surface area contributed by atoms with Crippen LogP contribution in [-0.2, 0) is 11.2 Å². The molecular weight excluding hydrogens is 322 g/mol. The van der Waals surface area contributed by atoms with Crippen molar-refractivity contribution in [3.05, 3.63) is 47.2 Å². The number of nitrogens with one attached hydrogen (secondary N) is 1. The highest BCUT2D eigenvalue weighted by atomic mass is 16.5. The van der Waals surface area contributed by atoms with E-state index in [0.717, 1.165) is 17.0 Å². The highest BCUT2D eigenvalue weighted by Crippen LogP contribution is 2.20. The summed E-state index contributed by atoms with van der Waals surface area (Å²) in [5.41, 5.74) is 2.84. The molecule has 1 aliphatic rings. The average molecular weight is 341 g/mol. The standard InChI is InChI=1S/C17H19N5O3/c1-10-5-18-16-14(6-19-22(16)7-10)17(23)20-15-9-24-8-12(15)4-13-3-11(2)21-25-13/h3,5-7,12,15H,4,8-9H2,1-2H3,(H,20,23)/t12-,15+/m1/s1. The van der Waals surface area contributed by atoms with Gasteiger partial charge in [0.1, 0.15) is 11.3 Å². The van der Waals surface area contributed by atoms with Crippen LogP contribution in [0.1, 0.15) is 27.4 Å². The number of ether oxygens (including phenoxy) is 1. The van der Waals surface area contributed by atoms with Crippen LogP contribution in [0.4, 0.5) is 0 Å². The van der Waals surface area contributed by atoms with Crippen LogP contribution in [0.3, 0.4) is 0 Å². The molecule has 8 heteroatoms. The molecule has 0 aromatic carbocycles. The van der Waals surface area contributed by atoms with E-state index in [1.54, 1.807) is 16.9 Å². The third-order valence-corrected chi connectivity index (χ3v) is 4.39. The number of hydrogen-bond acceptors (Lipinski definition) is 6. The quantitative estimate of drug-likeness (QED) is 0.769. The van der Waals surface area contributed by atoms with E-state index in [4.69, 9.17) is 9.26 Å². The molecule has 8 nitrogen and oxygen atoms in total. The maximum atomic E-state index is 12.7. The normalized spacial score (nSPS) is 20.2. The van der Waals surface area contributed by atoms with Gasteiger partial charge in [-0.2, -0.15) is 5.10 Å². The maximum Gasteiger partial charge on any atom is 0.257 e. The number of fused-ring (bicyclic) bond motifs is 1. The largest absolute Gasteiger partial charge is 0.379 e. The lowest BCUT2D eigenvalue weighted by atomic mass is 9.98. The van der Waals surface area contributed by atoms with Crippen molar-refractivity contribution >= 4 is 11.6 Å². The molecule has 4 rings (SSSR count). The summed E-state index contributed by atoms with van der Waals surface area (Å²) in [6.45, 7) is 4.88. The highest BCUT2D eigenvalue weighted by molar-refractivity contribution is 5.99. The fourth-order valence-corrected chi connectivity index (χ4v) is 3.10. The molecule has 2 atom stereocenters. The Labute approximate surface area is 144 Å². The van der Waals surface area contributed by atoms with Crippen LogP contribution in [0.25, 0.3) is 5.65 Å². The second-order valence-electron chi connectivity index (χ2n) is 6.47. The summed E-state index contributed by atoms with van der Waals surface area (Å²) in [6.07, 6.45) is 5.79. The minimum absolute atomic E-state index is 0.0849. The van der Waals surface area contributed by atoms with Gasteiger partial charge in [0.05, 0.1) is 31.1 Å². The van der Waals surface area contributed by atoms with E-state index in [1.807, 2.05) is 26.1 Å². The zero-order chi connectivity index (χ0) is 17.4. The van der Waals surface area contributed by atoms with Gasteiger partial charge in [0.15, 0.2) is 5.65 Å². The van der Waals surface area contributed by atoms with E-state index in [9.17, 15) is 4.79 Å². The summed E-state index contributed by atoms with van der Waals surface area (Å²) in [5, 5.41) is 11.2. The molecule has 1 amide bonds. The van der Waals surface area contributed by atoms with Crippen molar-refractivity contribution in [3.8, 4) is 0 Å². The average Bonchev–Trinajstić information content (AvgIpc) is 3.28. The number of nitrogens with zero attached hydrogens (tertiary/aromatic N) is 4. The second-order valence-corrected chi connectivity index (χ2v) is 6.47. The van der Waals surface area contributed by atoms with Gasteiger partial charge in [0.2, 0.25) is 0 Å². The summed E-state index contributed by atoms with van der Waals surface area (Å²) in [7, 11) is 0. The van der Waals surface area contributed by atoms with E-state index in [1.165, 1.54) is 0 Å². The fraction of sp³-hybridized carbons (Fsp3) is 0.412. The van der Waals surface area contributed by atoms with Gasteiger partial charge < -0.3 is 14.6 Å². The Morgan fingerprint density at radius 3 is 3.04 bits per heavy atom. The van der Waals surface area contributed by atoms with Gasteiger partial charge in [-0.15, -0.1) is 0 Å². The van der Waals surface area contributed by atoms with Crippen molar-refractivity contribution in [2.75, 3.05) is 13.2 Å². The molecule has 0 unspecified atom stereocenters. The molecule has 1 aliphatic heterocycles. The van der Waals surface area contributed by atoms with Gasteiger partial charge in [-0.3, -0.25) is 4.79 Å². The summed E-state index contributed by atoms with van der Waals surface area (Å²) in [4.78, 5) is 17.0. The lowest BCUT2D eigenvalue weighted by Crippen LogP contribution is -2.40. The van der Waals surface area contributed by atoms with Crippen LogP contribution in [0, 0.1) is 19.8 Å². The first-order valence-electron chi connectivity index (χ1n) is 8.21. The summed E-state index contributed by atoms with van der Waals surface area (Å²) in [6, 6.07) is 1.83. The van der Waals surface area contributed by atoms with Crippen LogP contribution in [-0.4, -0.2) is 44.9 Å². The van der Waals surface area contributed by atoms with Gasteiger partial charge >= 0.3 is 0 Å². The van der Waals surface area contributed by atoms with Crippen LogP contribution in [0.5, 0.6) is 0 Å². The van der Waals surface area contributed by atoms with E-state index in [-0.39, 0.29) is 17.9 Å². The zero-order valence-corrected chi connectivity index (χ0v) is 14.1.